The number of oxazole rings is 1. The van der Waals surface area contributed by atoms with Crippen LogP contribution in [0.3, 0.4) is 0 Å². The number of rotatable bonds is 2. The maximum Gasteiger partial charge on any atom is 0.293 e. The molecule has 0 bridgehead atoms. The van der Waals surface area contributed by atoms with E-state index in [1.807, 2.05) is 30.3 Å². The first kappa shape index (κ1) is 11.9. The zero-order valence-corrected chi connectivity index (χ0v) is 10.6. The molecule has 1 aromatic heterocycles. The van der Waals surface area contributed by atoms with Gasteiger partial charge in [-0.3, -0.25) is 0 Å². The molecular formula is C15H9ClFNO. The van der Waals surface area contributed by atoms with E-state index in [4.69, 9.17) is 16.0 Å². The summed E-state index contributed by atoms with van der Waals surface area (Å²) in [5, 5.41) is -0.00268. The van der Waals surface area contributed by atoms with Gasteiger partial charge in [-0.05, 0) is 23.7 Å². The van der Waals surface area contributed by atoms with Crippen molar-refractivity contribution in [2.24, 2.45) is 0 Å². The number of halogens is 2. The highest BCUT2D eigenvalue weighted by molar-refractivity contribution is 6.28. The van der Waals surface area contributed by atoms with Crippen LogP contribution in [0.5, 0.6) is 0 Å². The van der Waals surface area contributed by atoms with Gasteiger partial charge in [-0.15, -0.1) is 0 Å². The Kier molecular flexibility index (Phi) is 3.05. The molecule has 19 heavy (non-hydrogen) atoms. The van der Waals surface area contributed by atoms with E-state index >= 15 is 0 Å². The molecule has 0 saturated heterocycles. The Morgan fingerprint density at radius 1 is 0.947 bits per heavy atom. The van der Waals surface area contributed by atoms with Gasteiger partial charge in [-0.1, -0.05) is 42.5 Å². The highest BCUT2D eigenvalue weighted by Gasteiger charge is 2.18. The fourth-order valence-electron chi connectivity index (χ4n) is 1.92. The van der Waals surface area contributed by atoms with Crippen molar-refractivity contribution in [2.75, 3.05) is 0 Å². The van der Waals surface area contributed by atoms with Crippen molar-refractivity contribution in [3.8, 4) is 22.6 Å². The molecule has 0 spiro atoms. The summed E-state index contributed by atoms with van der Waals surface area (Å²) in [5.74, 6) is 0.111. The molecule has 0 unspecified atom stereocenters. The third-order valence-electron chi connectivity index (χ3n) is 2.77. The van der Waals surface area contributed by atoms with Gasteiger partial charge in [0, 0.05) is 11.1 Å². The van der Waals surface area contributed by atoms with E-state index in [0.717, 1.165) is 5.56 Å². The molecule has 1 heterocycles. The summed E-state index contributed by atoms with van der Waals surface area (Å²) in [6, 6.07) is 15.8. The molecule has 0 aliphatic rings. The van der Waals surface area contributed by atoms with E-state index in [1.54, 1.807) is 18.2 Å². The normalized spacial score (nSPS) is 10.6. The van der Waals surface area contributed by atoms with Gasteiger partial charge in [0.05, 0.1) is 0 Å². The predicted molar refractivity (Wildman–Crippen MR) is 72.3 cm³/mol. The largest absolute Gasteiger partial charge is 0.427 e. The van der Waals surface area contributed by atoms with E-state index in [-0.39, 0.29) is 11.2 Å². The highest BCUT2D eigenvalue weighted by Crippen LogP contribution is 2.35. The number of nitrogens with zero attached hydrogens (tertiary/aromatic N) is 1. The van der Waals surface area contributed by atoms with Gasteiger partial charge in [0.25, 0.3) is 5.35 Å². The van der Waals surface area contributed by atoms with E-state index in [2.05, 4.69) is 4.98 Å². The van der Waals surface area contributed by atoms with Crippen molar-refractivity contribution in [2.45, 2.75) is 0 Å². The average Bonchev–Trinajstić information content (AvgIpc) is 2.82. The summed E-state index contributed by atoms with van der Waals surface area (Å²) in [6.45, 7) is 0. The van der Waals surface area contributed by atoms with Gasteiger partial charge in [-0.2, -0.15) is 4.98 Å². The molecule has 0 N–H and O–H groups in total. The van der Waals surface area contributed by atoms with Crippen LogP contribution in [0.4, 0.5) is 4.39 Å². The lowest BCUT2D eigenvalue weighted by atomic mass is 10.1. The fourth-order valence-corrected chi connectivity index (χ4v) is 2.08. The van der Waals surface area contributed by atoms with Crippen molar-refractivity contribution in [3.63, 3.8) is 0 Å². The molecule has 0 amide bonds. The molecule has 0 saturated carbocycles. The van der Waals surface area contributed by atoms with Crippen LogP contribution in [0.2, 0.25) is 5.35 Å². The summed E-state index contributed by atoms with van der Waals surface area (Å²) >= 11 is 5.82. The summed E-state index contributed by atoms with van der Waals surface area (Å²) in [5.41, 5.74) is 1.59. The minimum Gasteiger partial charge on any atom is -0.427 e. The number of benzene rings is 2. The van der Waals surface area contributed by atoms with Crippen molar-refractivity contribution in [1.82, 2.24) is 4.98 Å². The van der Waals surface area contributed by atoms with E-state index < -0.39 is 0 Å². The maximum absolute atomic E-state index is 13.9. The standard InChI is InChI=1S/C15H9ClFNO/c16-15-18-13(11-8-4-5-9-12(11)17)14(19-15)10-6-2-1-3-7-10/h1-9H. The van der Waals surface area contributed by atoms with Crippen LogP contribution < -0.4 is 0 Å². The molecule has 3 rings (SSSR count). The van der Waals surface area contributed by atoms with Crippen LogP contribution in [0.25, 0.3) is 22.6 Å². The molecule has 4 heteroatoms. The van der Waals surface area contributed by atoms with Crippen LogP contribution in [0.1, 0.15) is 0 Å². The van der Waals surface area contributed by atoms with Crippen LogP contribution in [-0.4, -0.2) is 4.98 Å². The van der Waals surface area contributed by atoms with E-state index in [9.17, 15) is 4.39 Å². The zero-order valence-electron chi connectivity index (χ0n) is 9.81. The minimum absolute atomic E-state index is 0.00268. The van der Waals surface area contributed by atoms with Crippen LogP contribution in [-0.2, 0) is 0 Å². The van der Waals surface area contributed by atoms with Gasteiger partial charge >= 0.3 is 0 Å². The van der Waals surface area contributed by atoms with Crippen molar-refractivity contribution in [3.05, 3.63) is 65.8 Å². The quantitative estimate of drug-likeness (QED) is 0.670. The lowest BCUT2D eigenvalue weighted by molar-refractivity contribution is 0.574. The number of aromatic nitrogens is 1. The summed E-state index contributed by atoms with van der Waals surface area (Å²) in [4.78, 5) is 4.08. The Labute approximate surface area is 114 Å². The molecule has 0 aliphatic carbocycles. The Hall–Kier alpha value is -2.13. The van der Waals surface area contributed by atoms with Gasteiger partial charge in [0.2, 0.25) is 0 Å². The fraction of sp³-hybridized carbons (Fsp3) is 0. The molecule has 3 aromatic rings. The second-order valence-electron chi connectivity index (χ2n) is 3.99. The summed E-state index contributed by atoms with van der Waals surface area (Å²) < 4.78 is 19.3. The lowest BCUT2D eigenvalue weighted by Crippen LogP contribution is -1.86. The van der Waals surface area contributed by atoms with Gasteiger partial charge < -0.3 is 4.42 Å². The molecule has 94 valence electrons. The van der Waals surface area contributed by atoms with Crippen LogP contribution in [0.15, 0.2) is 59.0 Å². The Morgan fingerprint density at radius 2 is 1.63 bits per heavy atom. The van der Waals surface area contributed by atoms with Gasteiger partial charge in [0.15, 0.2) is 5.76 Å². The second-order valence-corrected chi connectivity index (χ2v) is 4.31. The van der Waals surface area contributed by atoms with Crippen LogP contribution in [0, 0.1) is 5.82 Å². The third kappa shape index (κ3) is 2.25. The van der Waals surface area contributed by atoms with Gasteiger partial charge in [0.1, 0.15) is 11.5 Å². The lowest BCUT2D eigenvalue weighted by Gasteiger charge is -2.02. The predicted octanol–water partition coefficient (Wildman–Crippen LogP) is 4.80. The molecular weight excluding hydrogens is 265 g/mol. The number of hydrogen-bond donors (Lipinski definition) is 0. The zero-order chi connectivity index (χ0) is 13.2. The molecule has 0 atom stereocenters. The minimum atomic E-state index is -0.357. The maximum atomic E-state index is 13.9. The topological polar surface area (TPSA) is 26.0 Å². The second kappa shape index (κ2) is 4.86. The highest BCUT2D eigenvalue weighted by atomic mass is 35.5. The number of hydrogen-bond acceptors (Lipinski definition) is 2. The molecule has 2 nitrogen and oxygen atoms in total. The van der Waals surface area contributed by atoms with Crippen molar-refractivity contribution in [1.29, 1.82) is 0 Å². The first-order valence-electron chi connectivity index (χ1n) is 5.72. The van der Waals surface area contributed by atoms with Crippen LogP contribution >= 0.6 is 11.6 Å². The monoisotopic (exact) mass is 273 g/mol. The van der Waals surface area contributed by atoms with Crippen molar-refractivity contribution >= 4 is 11.6 Å². The Balaban J connectivity index is 2.21. The van der Waals surface area contributed by atoms with E-state index in [1.165, 1.54) is 6.07 Å². The molecule has 0 radical (unpaired) electrons. The average molecular weight is 274 g/mol. The smallest absolute Gasteiger partial charge is 0.293 e. The van der Waals surface area contributed by atoms with E-state index in [0.29, 0.717) is 17.0 Å². The first-order chi connectivity index (χ1) is 9.25. The SMILES string of the molecule is Fc1ccccc1-c1nc(Cl)oc1-c1ccccc1. The summed E-state index contributed by atoms with van der Waals surface area (Å²) in [6.07, 6.45) is 0. The van der Waals surface area contributed by atoms with Gasteiger partial charge in [-0.25, -0.2) is 4.39 Å². The molecule has 0 aliphatic heterocycles. The molecule has 0 fully saturated rings. The van der Waals surface area contributed by atoms with Crippen molar-refractivity contribution < 1.29 is 8.81 Å². The Bertz CT molecular complexity index is 709. The first-order valence-corrected chi connectivity index (χ1v) is 6.10. The Morgan fingerprint density at radius 3 is 2.37 bits per heavy atom. The summed E-state index contributed by atoms with van der Waals surface area (Å²) in [7, 11) is 0. The third-order valence-corrected chi connectivity index (χ3v) is 2.93. The molecule has 2 aromatic carbocycles.